The maximum atomic E-state index is 12.9. The Hall–Kier alpha value is -2.24. The second-order valence-electron chi connectivity index (χ2n) is 6.74. The molecule has 0 aliphatic heterocycles. The minimum absolute atomic E-state index is 0.123. The molecule has 0 spiro atoms. The Morgan fingerprint density at radius 2 is 1.89 bits per heavy atom. The SMILES string of the molecule is CCCCN(Cc1cccn1Cc1cccc(C(F)(F)F)c1)C(=O)CCC. The molecule has 6 heteroatoms. The maximum absolute atomic E-state index is 12.9. The van der Waals surface area contributed by atoms with Gasteiger partial charge in [0.2, 0.25) is 5.91 Å². The predicted octanol–water partition coefficient (Wildman–Crippen LogP) is 5.48. The van der Waals surface area contributed by atoms with Crippen molar-refractivity contribution in [3.05, 3.63) is 59.4 Å². The van der Waals surface area contributed by atoms with E-state index in [9.17, 15) is 18.0 Å². The van der Waals surface area contributed by atoms with E-state index in [1.807, 2.05) is 34.7 Å². The van der Waals surface area contributed by atoms with Gasteiger partial charge in [0.05, 0.1) is 12.1 Å². The van der Waals surface area contributed by atoms with Gasteiger partial charge in [0.1, 0.15) is 0 Å². The van der Waals surface area contributed by atoms with E-state index in [1.165, 1.54) is 12.1 Å². The van der Waals surface area contributed by atoms with Gasteiger partial charge in [0.15, 0.2) is 0 Å². The van der Waals surface area contributed by atoms with Crippen LogP contribution in [0.15, 0.2) is 42.6 Å². The number of aromatic nitrogens is 1. The zero-order valence-electron chi connectivity index (χ0n) is 15.9. The number of alkyl halides is 3. The molecule has 27 heavy (non-hydrogen) atoms. The van der Waals surface area contributed by atoms with Crippen molar-refractivity contribution < 1.29 is 18.0 Å². The van der Waals surface area contributed by atoms with Gasteiger partial charge in [-0.2, -0.15) is 13.2 Å². The molecule has 0 bridgehead atoms. The van der Waals surface area contributed by atoms with Gasteiger partial charge in [-0.25, -0.2) is 0 Å². The van der Waals surface area contributed by atoms with Crippen LogP contribution in [0.2, 0.25) is 0 Å². The van der Waals surface area contributed by atoms with Crippen molar-refractivity contribution in [2.24, 2.45) is 0 Å². The Labute approximate surface area is 158 Å². The quantitative estimate of drug-likeness (QED) is 0.565. The average Bonchev–Trinajstić information content (AvgIpc) is 3.05. The standard InChI is InChI=1S/C21H27F3N2O/c1-3-5-12-26(20(27)8-4-2)16-19-11-7-13-25(19)15-17-9-6-10-18(14-17)21(22,23)24/h6-7,9-11,13-14H,3-5,8,12,15-16H2,1-2H3. The molecule has 0 radical (unpaired) electrons. The number of nitrogens with zero attached hydrogens (tertiary/aromatic N) is 2. The Bertz CT molecular complexity index is 737. The molecule has 1 aromatic heterocycles. The number of amides is 1. The summed E-state index contributed by atoms with van der Waals surface area (Å²) in [6, 6.07) is 9.17. The van der Waals surface area contributed by atoms with Crippen molar-refractivity contribution in [2.45, 2.75) is 58.8 Å². The molecule has 2 rings (SSSR count). The third-order valence-electron chi connectivity index (χ3n) is 4.48. The van der Waals surface area contributed by atoms with Crippen molar-refractivity contribution in [2.75, 3.05) is 6.54 Å². The fourth-order valence-electron chi connectivity index (χ4n) is 3.00. The van der Waals surface area contributed by atoms with Crippen molar-refractivity contribution in [3.63, 3.8) is 0 Å². The Balaban J connectivity index is 2.15. The highest BCUT2D eigenvalue weighted by Gasteiger charge is 2.30. The zero-order chi connectivity index (χ0) is 19.9. The molecular weight excluding hydrogens is 353 g/mol. The Morgan fingerprint density at radius 3 is 2.56 bits per heavy atom. The third-order valence-corrected chi connectivity index (χ3v) is 4.48. The van der Waals surface area contributed by atoms with E-state index in [1.54, 1.807) is 6.07 Å². The van der Waals surface area contributed by atoms with E-state index < -0.39 is 11.7 Å². The first-order valence-corrected chi connectivity index (χ1v) is 9.43. The summed E-state index contributed by atoms with van der Waals surface area (Å²) in [5.74, 6) is 0.123. The number of benzene rings is 1. The van der Waals surface area contributed by atoms with Gasteiger partial charge in [-0.1, -0.05) is 32.4 Å². The fourth-order valence-corrected chi connectivity index (χ4v) is 3.00. The molecule has 1 heterocycles. The van der Waals surface area contributed by atoms with E-state index in [-0.39, 0.29) is 5.91 Å². The van der Waals surface area contributed by atoms with Gasteiger partial charge < -0.3 is 9.47 Å². The van der Waals surface area contributed by atoms with Crippen LogP contribution in [0.1, 0.15) is 56.4 Å². The molecule has 0 fully saturated rings. The van der Waals surface area contributed by atoms with Gasteiger partial charge in [0, 0.05) is 31.4 Å². The largest absolute Gasteiger partial charge is 0.416 e. The second kappa shape index (κ2) is 9.62. The first-order chi connectivity index (χ1) is 12.8. The predicted molar refractivity (Wildman–Crippen MR) is 100 cm³/mol. The number of carbonyl (C=O) groups is 1. The highest BCUT2D eigenvalue weighted by atomic mass is 19.4. The minimum atomic E-state index is -4.35. The number of unbranched alkanes of at least 4 members (excludes halogenated alkanes) is 1. The molecule has 0 aliphatic carbocycles. The van der Waals surface area contributed by atoms with E-state index >= 15 is 0 Å². The molecule has 1 aromatic carbocycles. The van der Waals surface area contributed by atoms with Crippen molar-refractivity contribution in [3.8, 4) is 0 Å². The van der Waals surface area contributed by atoms with Gasteiger partial charge in [-0.15, -0.1) is 0 Å². The summed E-state index contributed by atoms with van der Waals surface area (Å²) in [4.78, 5) is 14.2. The first-order valence-electron chi connectivity index (χ1n) is 9.43. The molecule has 0 N–H and O–H groups in total. The van der Waals surface area contributed by atoms with Crippen molar-refractivity contribution >= 4 is 5.91 Å². The smallest absolute Gasteiger partial charge is 0.345 e. The van der Waals surface area contributed by atoms with Crippen LogP contribution in [-0.4, -0.2) is 21.9 Å². The lowest BCUT2D eigenvalue weighted by atomic mass is 10.1. The van der Waals surface area contributed by atoms with Crippen LogP contribution < -0.4 is 0 Å². The molecule has 1 amide bonds. The summed E-state index contributed by atoms with van der Waals surface area (Å²) in [7, 11) is 0. The van der Waals surface area contributed by atoms with Gasteiger partial charge in [0.25, 0.3) is 0 Å². The zero-order valence-corrected chi connectivity index (χ0v) is 15.9. The first kappa shape index (κ1) is 21.1. The summed E-state index contributed by atoms with van der Waals surface area (Å²) >= 11 is 0. The van der Waals surface area contributed by atoms with E-state index in [0.717, 1.165) is 31.0 Å². The number of halogens is 3. The second-order valence-corrected chi connectivity index (χ2v) is 6.74. The summed E-state index contributed by atoms with van der Waals surface area (Å²) < 4.78 is 40.7. The molecule has 2 aromatic rings. The molecule has 0 aliphatic rings. The molecule has 0 atom stereocenters. The lowest BCUT2D eigenvalue weighted by Crippen LogP contribution is -2.32. The van der Waals surface area contributed by atoms with Crippen LogP contribution in [-0.2, 0) is 24.1 Å². The maximum Gasteiger partial charge on any atom is 0.416 e. The summed E-state index contributed by atoms with van der Waals surface area (Å²) in [6.45, 7) is 5.58. The van der Waals surface area contributed by atoms with Crippen LogP contribution in [0, 0.1) is 0 Å². The van der Waals surface area contributed by atoms with E-state index in [2.05, 4.69) is 6.92 Å². The number of carbonyl (C=O) groups excluding carboxylic acids is 1. The monoisotopic (exact) mass is 380 g/mol. The molecule has 0 saturated carbocycles. The highest BCUT2D eigenvalue weighted by Crippen LogP contribution is 2.29. The summed E-state index contributed by atoms with van der Waals surface area (Å²) in [6.07, 6.45) is 0.743. The van der Waals surface area contributed by atoms with Gasteiger partial charge in [-0.3, -0.25) is 4.79 Å². The summed E-state index contributed by atoms with van der Waals surface area (Å²) in [5.41, 5.74) is 0.867. The van der Waals surface area contributed by atoms with Gasteiger partial charge >= 0.3 is 6.18 Å². The lowest BCUT2D eigenvalue weighted by Gasteiger charge is -2.23. The van der Waals surface area contributed by atoms with E-state index in [0.29, 0.717) is 31.6 Å². The number of rotatable bonds is 9. The minimum Gasteiger partial charge on any atom is -0.345 e. The fraction of sp³-hybridized carbons (Fsp3) is 0.476. The van der Waals surface area contributed by atoms with Crippen LogP contribution >= 0.6 is 0 Å². The van der Waals surface area contributed by atoms with Crippen molar-refractivity contribution in [1.82, 2.24) is 9.47 Å². The topological polar surface area (TPSA) is 25.2 Å². The van der Waals surface area contributed by atoms with Crippen LogP contribution in [0.25, 0.3) is 0 Å². The molecule has 3 nitrogen and oxygen atoms in total. The van der Waals surface area contributed by atoms with Crippen LogP contribution in [0.5, 0.6) is 0 Å². The number of hydrogen-bond donors (Lipinski definition) is 0. The van der Waals surface area contributed by atoms with Gasteiger partial charge in [-0.05, 0) is 42.7 Å². The summed E-state index contributed by atoms with van der Waals surface area (Å²) in [5, 5.41) is 0. The lowest BCUT2D eigenvalue weighted by molar-refractivity contribution is -0.137. The Kier molecular flexibility index (Phi) is 7.51. The molecule has 0 saturated heterocycles. The van der Waals surface area contributed by atoms with Crippen molar-refractivity contribution in [1.29, 1.82) is 0 Å². The molecule has 148 valence electrons. The van der Waals surface area contributed by atoms with Crippen LogP contribution in [0.3, 0.4) is 0 Å². The molecule has 0 unspecified atom stereocenters. The molecular formula is C21H27F3N2O. The Morgan fingerprint density at radius 1 is 1.11 bits per heavy atom. The highest BCUT2D eigenvalue weighted by molar-refractivity contribution is 5.76. The van der Waals surface area contributed by atoms with Crippen LogP contribution in [0.4, 0.5) is 13.2 Å². The normalized spacial score (nSPS) is 11.6. The average molecular weight is 380 g/mol. The van der Waals surface area contributed by atoms with E-state index in [4.69, 9.17) is 0 Å². The number of hydrogen-bond acceptors (Lipinski definition) is 1. The third kappa shape index (κ3) is 6.15.